The lowest BCUT2D eigenvalue weighted by molar-refractivity contribution is -0.122. The Labute approximate surface area is 115 Å². The molecule has 1 aromatic carbocycles. The molecule has 0 saturated heterocycles. The van der Waals surface area contributed by atoms with Crippen LogP contribution in [0.1, 0.15) is 32.8 Å². The summed E-state index contributed by atoms with van der Waals surface area (Å²) in [4.78, 5) is 11.8. The summed E-state index contributed by atoms with van der Waals surface area (Å²) in [5.41, 5.74) is 6.44. The third kappa shape index (κ3) is 5.75. The molecule has 0 aliphatic rings. The molecule has 0 saturated carbocycles. The van der Waals surface area contributed by atoms with Gasteiger partial charge in [-0.3, -0.25) is 4.79 Å². The zero-order valence-corrected chi connectivity index (χ0v) is 12.2. The number of nitrogens with one attached hydrogen (secondary N) is 1. The van der Waals surface area contributed by atoms with Crippen molar-refractivity contribution in [3.63, 3.8) is 0 Å². The molecule has 3 N–H and O–H groups in total. The minimum Gasteiger partial charge on any atom is -0.496 e. The molecule has 1 aromatic rings. The Morgan fingerprint density at radius 3 is 2.63 bits per heavy atom. The summed E-state index contributed by atoms with van der Waals surface area (Å²) in [6, 6.07) is 7.88. The van der Waals surface area contributed by atoms with Crippen LogP contribution in [0.5, 0.6) is 5.75 Å². The maximum atomic E-state index is 11.8. The number of methoxy groups -OCH3 is 1. The second kappa shape index (κ2) is 6.57. The van der Waals surface area contributed by atoms with Gasteiger partial charge in [0.05, 0.1) is 7.11 Å². The Morgan fingerprint density at radius 2 is 2.05 bits per heavy atom. The molecule has 4 nitrogen and oxygen atoms in total. The predicted molar refractivity (Wildman–Crippen MR) is 77.2 cm³/mol. The number of nitrogens with two attached hydrogens (primary N) is 1. The van der Waals surface area contributed by atoms with Gasteiger partial charge in [0.15, 0.2) is 0 Å². The van der Waals surface area contributed by atoms with Gasteiger partial charge in [-0.05, 0) is 38.8 Å². The highest BCUT2D eigenvalue weighted by Gasteiger charge is 2.18. The molecule has 0 aromatic heterocycles. The molecular formula is C15H24N2O2. The van der Waals surface area contributed by atoms with Crippen LogP contribution in [0.4, 0.5) is 0 Å². The Balaban J connectivity index is 2.55. The van der Waals surface area contributed by atoms with E-state index in [2.05, 4.69) is 5.32 Å². The van der Waals surface area contributed by atoms with Crippen molar-refractivity contribution >= 4 is 5.91 Å². The largest absolute Gasteiger partial charge is 0.496 e. The van der Waals surface area contributed by atoms with Crippen molar-refractivity contribution in [3.8, 4) is 5.75 Å². The van der Waals surface area contributed by atoms with Crippen molar-refractivity contribution in [1.29, 1.82) is 0 Å². The van der Waals surface area contributed by atoms with E-state index in [1.165, 1.54) is 0 Å². The van der Waals surface area contributed by atoms with Gasteiger partial charge in [-0.1, -0.05) is 18.2 Å². The highest BCUT2D eigenvalue weighted by molar-refractivity contribution is 5.77. The normalized spacial score (nSPS) is 12.9. The number of ether oxygens (including phenoxy) is 1. The summed E-state index contributed by atoms with van der Waals surface area (Å²) in [7, 11) is 1.65. The molecule has 0 fully saturated rings. The summed E-state index contributed by atoms with van der Waals surface area (Å²) in [6.07, 6.45) is 1.06. The van der Waals surface area contributed by atoms with Crippen LogP contribution in [0.25, 0.3) is 0 Å². The molecule has 106 valence electrons. The summed E-state index contributed by atoms with van der Waals surface area (Å²) >= 11 is 0. The molecule has 1 unspecified atom stereocenters. The lowest BCUT2D eigenvalue weighted by Gasteiger charge is -2.20. The van der Waals surface area contributed by atoms with Crippen LogP contribution in [0.15, 0.2) is 24.3 Å². The summed E-state index contributed by atoms with van der Waals surface area (Å²) in [5, 5.41) is 2.96. The second-order valence-electron chi connectivity index (χ2n) is 5.65. The lowest BCUT2D eigenvalue weighted by Crippen LogP contribution is -2.42. The summed E-state index contributed by atoms with van der Waals surface area (Å²) in [5.74, 6) is 0.831. The van der Waals surface area contributed by atoms with Crippen LogP contribution in [0.2, 0.25) is 0 Å². The molecule has 19 heavy (non-hydrogen) atoms. The molecule has 0 aliphatic heterocycles. The van der Waals surface area contributed by atoms with Crippen LogP contribution in [-0.4, -0.2) is 24.6 Å². The fraction of sp³-hybridized carbons (Fsp3) is 0.533. The van der Waals surface area contributed by atoms with Gasteiger partial charge in [0.2, 0.25) is 5.91 Å². The molecule has 0 spiro atoms. The first kappa shape index (κ1) is 15.5. The van der Waals surface area contributed by atoms with E-state index >= 15 is 0 Å². The van der Waals surface area contributed by atoms with E-state index in [4.69, 9.17) is 10.5 Å². The Morgan fingerprint density at radius 1 is 1.42 bits per heavy atom. The minimum atomic E-state index is -0.478. The quantitative estimate of drug-likeness (QED) is 0.824. The number of rotatable bonds is 6. The highest BCUT2D eigenvalue weighted by Crippen LogP contribution is 2.18. The molecule has 0 bridgehead atoms. The molecule has 4 heteroatoms. The molecule has 0 radical (unpaired) electrons. The predicted octanol–water partition coefficient (Wildman–Crippen LogP) is 1.87. The number of para-hydroxylation sites is 1. The Hall–Kier alpha value is -1.55. The van der Waals surface area contributed by atoms with Crippen molar-refractivity contribution in [2.75, 3.05) is 7.11 Å². The van der Waals surface area contributed by atoms with Crippen molar-refractivity contribution in [2.24, 2.45) is 5.73 Å². The van der Waals surface area contributed by atoms with Gasteiger partial charge in [-0.2, -0.15) is 0 Å². The zero-order chi connectivity index (χ0) is 14.5. The van der Waals surface area contributed by atoms with Crippen LogP contribution < -0.4 is 15.8 Å². The molecule has 1 rings (SSSR count). The average molecular weight is 264 g/mol. The molecule has 0 aliphatic carbocycles. The van der Waals surface area contributed by atoms with Gasteiger partial charge in [-0.25, -0.2) is 0 Å². The van der Waals surface area contributed by atoms with Crippen molar-refractivity contribution in [1.82, 2.24) is 5.32 Å². The molecular weight excluding hydrogens is 240 g/mol. The lowest BCUT2D eigenvalue weighted by atomic mass is 10.0. The standard InChI is InChI=1S/C15H24N2O2/c1-11(17-14(18)10-15(2,3)16)9-12-7-5-6-8-13(12)19-4/h5-8,11H,9-10,16H2,1-4H3,(H,17,18). The zero-order valence-electron chi connectivity index (χ0n) is 12.2. The minimum absolute atomic E-state index is 0.0186. The van der Waals surface area contributed by atoms with E-state index in [9.17, 15) is 4.79 Å². The van der Waals surface area contributed by atoms with Crippen molar-refractivity contribution in [2.45, 2.75) is 45.2 Å². The van der Waals surface area contributed by atoms with Gasteiger partial charge in [-0.15, -0.1) is 0 Å². The fourth-order valence-electron chi connectivity index (χ4n) is 1.99. The first-order valence-electron chi connectivity index (χ1n) is 6.52. The number of carbonyl (C=O) groups is 1. The number of hydrogen-bond acceptors (Lipinski definition) is 3. The van der Waals surface area contributed by atoms with E-state index in [-0.39, 0.29) is 11.9 Å². The van der Waals surface area contributed by atoms with Gasteiger partial charge in [0.1, 0.15) is 5.75 Å². The number of benzene rings is 1. The van der Waals surface area contributed by atoms with Crippen LogP contribution in [-0.2, 0) is 11.2 Å². The first-order valence-corrected chi connectivity index (χ1v) is 6.52. The van der Waals surface area contributed by atoms with Gasteiger partial charge < -0.3 is 15.8 Å². The fourth-order valence-corrected chi connectivity index (χ4v) is 1.99. The third-order valence-corrected chi connectivity index (χ3v) is 2.74. The molecule has 1 amide bonds. The molecule has 0 heterocycles. The van der Waals surface area contributed by atoms with Gasteiger partial charge in [0, 0.05) is 18.0 Å². The Kier molecular flexibility index (Phi) is 5.36. The van der Waals surface area contributed by atoms with Crippen molar-refractivity contribution < 1.29 is 9.53 Å². The second-order valence-corrected chi connectivity index (χ2v) is 5.65. The van der Waals surface area contributed by atoms with E-state index < -0.39 is 5.54 Å². The summed E-state index contributed by atoms with van der Waals surface area (Å²) < 4.78 is 5.30. The van der Waals surface area contributed by atoms with E-state index in [1.54, 1.807) is 7.11 Å². The summed E-state index contributed by atoms with van der Waals surface area (Å²) in [6.45, 7) is 5.67. The SMILES string of the molecule is COc1ccccc1CC(C)NC(=O)CC(C)(C)N. The number of amides is 1. The van der Waals surface area contributed by atoms with Crippen LogP contribution >= 0.6 is 0 Å². The third-order valence-electron chi connectivity index (χ3n) is 2.74. The monoisotopic (exact) mass is 264 g/mol. The molecule has 1 atom stereocenters. The van der Waals surface area contributed by atoms with Crippen molar-refractivity contribution in [3.05, 3.63) is 29.8 Å². The number of hydrogen-bond donors (Lipinski definition) is 2. The average Bonchev–Trinajstić information content (AvgIpc) is 2.26. The van der Waals surface area contributed by atoms with Crippen LogP contribution in [0, 0.1) is 0 Å². The smallest absolute Gasteiger partial charge is 0.222 e. The van der Waals surface area contributed by atoms with E-state index in [0.29, 0.717) is 6.42 Å². The number of carbonyl (C=O) groups excluding carboxylic acids is 1. The maximum absolute atomic E-state index is 11.8. The Bertz CT molecular complexity index is 424. The maximum Gasteiger partial charge on any atom is 0.222 e. The van der Waals surface area contributed by atoms with E-state index in [0.717, 1.165) is 17.7 Å². The highest BCUT2D eigenvalue weighted by atomic mass is 16.5. The van der Waals surface area contributed by atoms with Gasteiger partial charge in [0.25, 0.3) is 0 Å². The topological polar surface area (TPSA) is 64.3 Å². The first-order chi connectivity index (χ1) is 8.81. The van der Waals surface area contributed by atoms with Gasteiger partial charge >= 0.3 is 0 Å². The van der Waals surface area contributed by atoms with Crippen LogP contribution in [0.3, 0.4) is 0 Å². The van der Waals surface area contributed by atoms with E-state index in [1.807, 2.05) is 45.0 Å².